The quantitative estimate of drug-likeness (QED) is 0.841. The predicted molar refractivity (Wildman–Crippen MR) is 73.6 cm³/mol. The molecule has 0 aromatic heterocycles. The summed E-state index contributed by atoms with van der Waals surface area (Å²) in [5.41, 5.74) is 0.709. The number of amides is 1. The van der Waals surface area contributed by atoms with Crippen molar-refractivity contribution in [3.63, 3.8) is 0 Å². The van der Waals surface area contributed by atoms with Crippen LogP contribution in [0.4, 0.5) is 0 Å². The van der Waals surface area contributed by atoms with Crippen molar-refractivity contribution >= 4 is 17.5 Å². The minimum absolute atomic E-state index is 0.0371. The van der Waals surface area contributed by atoms with Crippen molar-refractivity contribution in [2.24, 2.45) is 0 Å². The number of carbonyl (C=O) groups excluding carboxylic acids is 1. The average Bonchev–Trinajstić information content (AvgIpc) is 2.24. The number of hydrogen-bond donors (Lipinski definition) is 0. The molecule has 0 saturated carbocycles. The van der Waals surface area contributed by atoms with Crippen molar-refractivity contribution < 1.29 is 9.53 Å². The summed E-state index contributed by atoms with van der Waals surface area (Å²) >= 11 is 5.90. The highest BCUT2D eigenvalue weighted by Gasteiger charge is 2.15. The van der Waals surface area contributed by atoms with Gasteiger partial charge in [-0.1, -0.05) is 23.7 Å². The van der Waals surface area contributed by atoms with Crippen molar-refractivity contribution in [1.29, 1.82) is 0 Å². The second-order valence-electron chi connectivity index (χ2n) is 5.28. The van der Waals surface area contributed by atoms with Crippen LogP contribution in [-0.2, 0) is 16.1 Å². The van der Waals surface area contributed by atoms with Crippen LogP contribution in [0.25, 0.3) is 0 Å². The smallest absolute Gasteiger partial charge is 0.248 e. The molecule has 4 heteroatoms. The number of ether oxygens (including phenoxy) is 1. The molecule has 0 aliphatic heterocycles. The van der Waals surface area contributed by atoms with Crippen molar-refractivity contribution in [2.45, 2.75) is 32.9 Å². The second kappa shape index (κ2) is 6.21. The van der Waals surface area contributed by atoms with E-state index in [1.165, 1.54) is 0 Å². The topological polar surface area (TPSA) is 29.5 Å². The molecule has 3 nitrogen and oxygen atoms in total. The first-order chi connectivity index (χ1) is 8.28. The molecule has 18 heavy (non-hydrogen) atoms. The molecule has 0 radical (unpaired) electrons. The number of halogens is 1. The van der Waals surface area contributed by atoms with Gasteiger partial charge in [0, 0.05) is 18.6 Å². The van der Waals surface area contributed by atoms with Gasteiger partial charge in [0.05, 0.1) is 5.60 Å². The molecule has 1 aromatic rings. The van der Waals surface area contributed by atoms with Crippen LogP contribution in [0.15, 0.2) is 24.3 Å². The van der Waals surface area contributed by atoms with Crippen molar-refractivity contribution in [3.8, 4) is 0 Å². The Balaban J connectivity index is 2.50. The van der Waals surface area contributed by atoms with Crippen LogP contribution in [0.3, 0.4) is 0 Å². The van der Waals surface area contributed by atoms with E-state index in [-0.39, 0.29) is 18.1 Å². The molecule has 1 aromatic carbocycles. The van der Waals surface area contributed by atoms with Crippen molar-refractivity contribution in [1.82, 2.24) is 4.90 Å². The Morgan fingerprint density at radius 2 is 2.06 bits per heavy atom. The highest BCUT2D eigenvalue weighted by Crippen LogP contribution is 2.12. The fraction of sp³-hybridized carbons (Fsp3) is 0.500. The summed E-state index contributed by atoms with van der Waals surface area (Å²) in [5, 5.41) is 0.680. The monoisotopic (exact) mass is 269 g/mol. The van der Waals surface area contributed by atoms with Gasteiger partial charge in [-0.15, -0.1) is 0 Å². The van der Waals surface area contributed by atoms with Crippen LogP contribution in [0.2, 0.25) is 5.02 Å². The highest BCUT2D eigenvalue weighted by atomic mass is 35.5. The molecule has 1 rings (SSSR count). The molecule has 1 amide bonds. The van der Waals surface area contributed by atoms with E-state index in [4.69, 9.17) is 16.3 Å². The maximum Gasteiger partial charge on any atom is 0.248 e. The first kappa shape index (κ1) is 15.0. The molecule has 0 N–H and O–H groups in total. The van der Waals surface area contributed by atoms with E-state index >= 15 is 0 Å². The normalized spacial score (nSPS) is 11.4. The lowest BCUT2D eigenvalue weighted by Gasteiger charge is -2.22. The third-order valence-corrected chi connectivity index (χ3v) is 2.60. The molecular formula is C14H20ClNO2. The molecule has 0 fully saturated rings. The molecule has 0 atom stereocenters. The van der Waals surface area contributed by atoms with E-state index in [1.807, 2.05) is 45.0 Å². The molecule has 100 valence electrons. The zero-order chi connectivity index (χ0) is 13.8. The minimum Gasteiger partial charge on any atom is -0.366 e. The van der Waals surface area contributed by atoms with Crippen LogP contribution in [0, 0.1) is 0 Å². The predicted octanol–water partition coefficient (Wildman–Crippen LogP) is 3.11. The van der Waals surface area contributed by atoms with Gasteiger partial charge in [-0.2, -0.15) is 0 Å². The first-order valence-electron chi connectivity index (χ1n) is 5.90. The maximum atomic E-state index is 11.8. The molecule has 0 saturated heterocycles. The van der Waals surface area contributed by atoms with Crippen LogP contribution in [0.5, 0.6) is 0 Å². The largest absolute Gasteiger partial charge is 0.366 e. The van der Waals surface area contributed by atoms with Gasteiger partial charge in [0.1, 0.15) is 6.61 Å². The number of rotatable bonds is 4. The van der Waals surface area contributed by atoms with Gasteiger partial charge in [0.15, 0.2) is 0 Å². The van der Waals surface area contributed by atoms with Crippen molar-refractivity contribution in [3.05, 3.63) is 34.9 Å². The highest BCUT2D eigenvalue weighted by molar-refractivity contribution is 6.30. The molecular weight excluding hydrogens is 250 g/mol. The van der Waals surface area contributed by atoms with Crippen LogP contribution in [-0.4, -0.2) is 30.1 Å². The Labute approximate surface area is 114 Å². The molecule has 0 aliphatic rings. The van der Waals surface area contributed by atoms with Gasteiger partial charge in [-0.25, -0.2) is 0 Å². The lowest BCUT2D eigenvalue weighted by Crippen LogP contribution is -2.33. The summed E-state index contributed by atoms with van der Waals surface area (Å²) in [5.74, 6) is -0.0371. The number of likely N-dealkylation sites (N-methyl/N-ethyl adjacent to an activating group) is 1. The molecule has 0 bridgehead atoms. The molecule has 0 unspecified atom stereocenters. The average molecular weight is 270 g/mol. The number of hydrogen-bond acceptors (Lipinski definition) is 2. The van der Waals surface area contributed by atoms with Gasteiger partial charge in [0.2, 0.25) is 5.91 Å². The zero-order valence-electron chi connectivity index (χ0n) is 11.4. The maximum absolute atomic E-state index is 11.8. The van der Waals surface area contributed by atoms with Crippen LogP contribution in [0.1, 0.15) is 26.3 Å². The number of carbonyl (C=O) groups is 1. The van der Waals surface area contributed by atoms with Gasteiger partial charge in [-0.3, -0.25) is 4.79 Å². The Bertz CT molecular complexity index is 413. The molecule has 0 aliphatic carbocycles. The van der Waals surface area contributed by atoms with Crippen LogP contribution < -0.4 is 0 Å². The van der Waals surface area contributed by atoms with E-state index in [1.54, 1.807) is 11.9 Å². The van der Waals surface area contributed by atoms with Gasteiger partial charge in [-0.05, 0) is 38.5 Å². The molecule has 0 spiro atoms. The SMILES string of the molecule is CN(Cc1cccc(Cl)c1)C(=O)COC(C)(C)C. The summed E-state index contributed by atoms with van der Waals surface area (Å²) in [6.07, 6.45) is 0. The fourth-order valence-corrected chi connectivity index (χ4v) is 1.60. The van der Waals surface area contributed by atoms with Gasteiger partial charge >= 0.3 is 0 Å². The zero-order valence-corrected chi connectivity index (χ0v) is 12.1. The van der Waals surface area contributed by atoms with E-state index in [0.717, 1.165) is 5.56 Å². The standard InChI is InChI=1S/C14H20ClNO2/c1-14(2,3)18-10-13(17)16(4)9-11-6-5-7-12(15)8-11/h5-8H,9-10H2,1-4H3. The summed E-state index contributed by atoms with van der Waals surface area (Å²) in [6.45, 7) is 6.42. The summed E-state index contributed by atoms with van der Waals surface area (Å²) in [4.78, 5) is 13.5. The van der Waals surface area contributed by atoms with Crippen LogP contribution >= 0.6 is 11.6 Å². The Kier molecular flexibility index (Phi) is 5.17. The van der Waals surface area contributed by atoms with E-state index < -0.39 is 0 Å². The number of nitrogens with zero attached hydrogens (tertiary/aromatic N) is 1. The fourth-order valence-electron chi connectivity index (χ4n) is 1.39. The number of benzene rings is 1. The summed E-state index contributed by atoms with van der Waals surface area (Å²) < 4.78 is 5.46. The third kappa shape index (κ3) is 5.52. The minimum atomic E-state index is -0.299. The Hall–Kier alpha value is -1.06. The van der Waals surface area contributed by atoms with Gasteiger partial charge in [0.25, 0.3) is 0 Å². The summed E-state index contributed by atoms with van der Waals surface area (Å²) in [7, 11) is 1.76. The van der Waals surface area contributed by atoms with E-state index in [2.05, 4.69) is 0 Å². The van der Waals surface area contributed by atoms with E-state index in [9.17, 15) is 4.79 Å². The van der Waals surface area contributed by atoms with Crippen molar-refractivity contribution in [2.75, 3.05) is 13.7 Å². The van der Waals surface area contributed by atoms with Gasteiger partial charge < -0.3 is 9.64 Å². The lowest BCUT2D eigenvalue weighted by molar-refractivity contribution is -0.140. The summed E-state index contributed by atoms with van der Waals surface area (Å²) in [6, 6.07) is 7.49. The Morgan fingerprint density at radius 1 is 1.39 bits per heavy atom. The van der Waals surface area contributed by atoms with E-state index in [0.29, 0.717) is 11.6 Å². The molecule has 0 heterocycles. The Morgan fingerprint density at radius 3 is 2.61 bits per heavy atom. The third-order valence-electron chi connectivity index (χ3n) is 2.36. The first-order valence-corrected chi connectivity index (χ1v) is 6.28. The second-order valence-corrected chi connectivity index (χ2v) is 5.72. The lowest BCUT2D eigenvalue weighted by atomic mass is 10.2.